The Labute approximate surface area is 199 Å². The average molecular weight is 440 g/mol. The molecule has 0 radical (unpaired) electrons. The number of anilines is 1. The van der Waals surface area contributed by atoms with Crippen LogP contribution in [0.1, 0.15) is 6.42 Å². The van der Waals surface area contributed by atoms with Crippen LogP contribution in [0.3, 0.4) is 0 Å². The van der Waals surface area contributed by atoms with Crippen LogP contribution < -0.4 is 11.1 Å². The van der Waals surface area contributed by atoms with Gasteiger partial charge in [-0.2, -0.15) is 0 Å². The minimum atomic E-state index is -1.27. The Bertz CT molecular complexity index is 965. The molecular weight excluding hydrogens is 419 g/mol. The number of hydrogen-bond acceptors (Lipinski definition) is 7. The Balaban J connectivity index is 0.00000272. The molecule has 0 bridgehead atoms. The molecule has 11 nitrogen and oxygen atoms in total. The number of carboxylic acids is 1. The van der Waals surface area contributed by atoms with Crippen molar-refractivity contribution in [3.63, 3.8) is 0 Å². The third-order valence-corrected chi connectivity index (χ3v) is 5.63. The summed E-state index contributed by atoms with van der Waals surface area (Å²) in [5, 5.41) is 21.6. The van der Waals surface area contributed by atoms with Crippen molar-refractivity contribution in [1.82, 2.24) is 9.80 Å². The fourth-order valence-electron chi connectivity index (χ4n) is 4.52. The second-order valence-corrected chi connectivity index (χ2v) is 7.50. The summed E-state index contributed by atoms with van der Waals surface area (Å²) in [6.45, 7) is 0.0944. The molecule has 3 amide bonds. The van der Waals surface area contributed by atoms with Crippen LogP contribution in [0.5, 0.6) is 5.75 Å². The van der Waals surface area contributed by atoms with Crippen LogP contribution in [-0.4, -0.2) is 105 Å². The van der Waals surface area contributed by atoms with E-state index in [1.807, 2.05) is 0 Å². The SMILES string of the molecule is NC(=O)OCC1=C(C(=O)O)N2C(=O)[C@@H]3[C@H]2[C@H](C1)CN3CC(=O)Nc1ccc(O)cc1.[NaH]. The minimum absolute atomic E-state index is 0. The number of carbonyl (C=O) groups excluding carboxylic acids is 3. The number of likely N-dealkylation sites (tertiary alicyclic amines) is 1. The molecule has 5 N–H and O–H groups in total. The molecule has 0 spiro atoms. The molecule has 3 aliphatic heterocycles. The molecule has 0 unspecified atom stereocenters. The number of nitrogens with one attached hydrogen (secondary N) is 1. The van der Waals surface area contributed by atoms with Crippen molar-refractivity contribution < 1.29 is 34.1 Å². The number of hydrogen-bond donors (Lipinski definition) is 4. The number of β-lactam (4-membered cyclic amide) rings is 1. The van der Waals surface area contributed by atoms with E-state index in [0.29, 0.717) is 24.2 Å². The van der Waals surface area contributed by atoms with Crippen molar-refractivity contribution in [3.05, 3.63) is 35.5 Å². The summed E-state index contributed by atoms with van der Waals surface area (Å²) in [4.78, 5) is 50.8. The zero-order valence-corrected chi connectivity index (χ0v) is 15.8. The van der Waals surface area contributed by atoms with Crippen LogP contribution in [-0.2, 0) is 19.1 Å². The Morgan fingerprint density at radius 3 is 2.52 bits per heavy atom. The Kier molecular flexibility index (Phi) is 6.60. The van der Waals surface area contributed by atoms with Crippen LogP contribution in [0, 0.1) is 5.92 Å². The topological polar surface area (TPSA) is 162 Å². The van der Waals surface area contributed by atoms with E-state index in [4.69, 9.17) is 10.5 Å². The van der Waals surface area contributed by atoms with Gasteiger partial charge in [0.05, 0.1) is 12.6 Å². The molecular formula is C19H21N4NaO7. The van der Waals surface area contributed by atoms with E-state index in [1.54, 1.807) is 17.0 Å². The molecule has 3 aliphatic rings. The predicted octanol–water partition coefficient (Wildman–Crippen LogP) is -0.969. The number of nitrogens with two attached hydrogens (primary N) is 1. The van der Waals surface area contributed by atoms with E-state index in [9.17, 15) is 29.4 Å². The van der Waals surface area contributed by atoms with Gasteiger partial charge < -0.3 is 26.0 Å². The molecule has 160 valence electrons. The first kappa shape index (κ1) is 23.1. The Hall–Kier alpha value is -2.60. The molecule has 1 aromatic rings. The normalized spacial score (nSPS) is 24.1. The number of phenolic OH excluding ortho intramolecular Hbond substituents is 1. The fraction of sp³-hybridized carbons (Fsp3) is 0.368. The first-order valence-electron chi connectivity index (χ1n) is 9.30. The molecule has 0 aromatic heterocycles. The summed E-state index contributed by atoms with van der Waals surface area (Å²) >= 11 is 0. The van der Waals surface area contributed by atoms with Gasteiger partial charge in [0, 0.05) is 12.2 Å². The number of primary amides is 1. The molecule has 0 saturated carbocycles. The standard InChI is InChI=1S/C19H20N4O7.Na.H/c20-19(29)30-8-10-5-9-6-22(7-13(25)21-11-1-3-12(24)4-2-11)16-14(9)23(17(16)26)15(10)18(27)28;;/h1-4,9,14,16,24H,5-8H2,(H2,20,29)(H,21,25)(H,27,28);;/t9-,14-,16+;;/m1../s1. The van der Waals surface area contributed by atoms with E-state index in [0.717, 1.165) is 0 Å². The van der Waals surface area contributed by atoms with Gasteiger partial charge in [-0.05, 0) is 42.2 Å². The van der Waals surface area contributed by atoms with Gasteiger partial charge in [-0.15, -0.1) is 0 Å². The third kappa shape index (κ3) is 4.26. The summed E-state index contributed by atoms with van der Waals surface area (Å²) in [7, 11) is 0. The van der Waals surface area contributed by atoms with Gasteiger partial charge in [0.1, 0.15) is 24.1 Å². The number of carboxylic acid groups (broad SMARTS) is 1. The molecule has 0 aliphatic carbocycles. The third-order valence-electron chi connectivity index (χ3n) is 5.63. The van der Waals surface area contributed by atoms with E-state index >= 15 is 0 Å². The number of rotatable bonds is 6. The van der Waals surface area contributed by atoms with Crippen molar-refractivity contribution >= 4 is 59.1 Å². The van der Waals surface area contributed by atoms with Crippen LogP contribution in [0.25, 0.3) is 0 Å². The average Bonchev–Trinajstić information content (AvgIpc) is 3.01. The number of carbonyl (C=O) groups is 4. The van der Waals surface area contributed by atoms with Crippen molar-refractivity contribution in [2.45, 2.75) is 18.5 Å². The van der Waals surface area contributed by atoms with E-state index in [2.05, 4.69) is 5.32 Å². The van der Waals surface area contributed by atoms with Crippen molar-refractivity contribution in [2.24, 2.45) is 11.7 Å². The summed E-state index contributed by atoms with van der Waals surface area (Å²) < 4.78 is 4.76. The second kappa shape index (κ2) is 8.87. The zero-order valence-electron chi connectivity index (χ0n) is 15.8. The van der Waals surface area contributed by atoms with Crippen LogP contribution in [0.4, 0.5) is 10.5 Å². The Morgan fingerprint density at radius 2 is 1.90 bits per heavy atom. The summed E-state index contributed by atoms with van der Waals surface area (Å²) in [5.74, 6) is -1.99. The number of benzene rings is 1. The van der Waals surface area contributed by atoms with Crippen molar-refractivity contribution in [2.75, 3.05) is 25.0 Å². The van der Waals surface area contributed by atoms with E-state index in [-0.39, 0.29) is 72.0 Å². The van der Waals surface area contributed by atoms with Crippen LogP contribution in [0.2, 0.25) is 0 Å². The van der Waals surface area contributed by atoms with Crippen LogP contribution in [0.15, 0.2) is 35.5 Å². The predicted molar refractivity (Wildman–Crippen MR) is 108 cm³/mol. The zero-order chi connectivity index (χ0) is 21.6. The molecule has 31 heavy (non-hydrogen) atoms. The maximum absolute atomic E-state index is 12.7. The van der Waals surface area contributed by atoms with Gasteiger partial charge in [-0.25, -0.2) is 9.59 Å². The first-order valence-corrected chi connectivity index (χ1v) is 9.30. The molecule has 3 atom stereocenters. The number of amides is 3. The summed E-state index contributed by atoms with van der Waals surface area (Å²) in [6.07, 6.45) is -0.697. The number of ether oxygens (including phenoxy) is 1. The number of nitrogens with zero attached hydrogens (tertiary/aromatic N) is 2. The van der Waals surface area contributed by atoms with Crippen LogP contribution >= 0.6 is 0 Å². The van der Waals surface area contributed by atoms with Gasteiger partial charge in [0.25, 0.3) is 0 Å². The quantitative estimate of drug-likeness (QED) is 0.249. The molecule has 2 saturated heterocycles. The number of phenols is 1. The first-order chi connectivity index (χ1) is 14.3. The van der Waals surface area contributed by atoms with E-state index in [1.165, 1.54) is 17.0 Å². The van der Waals surface area contributed by atoms with Gasteiger partial charge in [0.2, 0.25) is 11.8 Å². The molecule has 3 heterocycles. The van der Waals surface area contributed by atoms with Gasteiger partial charge in [-0.3, -0.25) is 19.4 Å². The van der Waals surface area contributed by atoms with Gasteiger partial charge in [-0.1, -0.05) is 0 Å². The Morgan fingerprint density at radius 1 is 1.23 bits per heavy atom. The molecule has 4 rings (SSSR count). The van der Waals surface area contributed by atoms with Crippen molar-refractivity contribution in [1.29, 1.82) is 0 Å². The number of aromatic hydroxyl groups is 1. The van der Waals surface area contributed by atoms with Gasteiger partial charge >= 0.3 is 41.6 Å². The molecule has 12 heteroatoms. The van der Waals surface area contributed by atoms with Gasteiger partial charge in [0.15, 0.2) is 0 Å². The van der Waals surface area contributed by atoms with Crippen molar-refractivity contribution in [3.8, 4) is 5.75 Å². The summed E-state index contributed by atoms with van der Waals surface area (Å²) in [6, 6.07) is 5.11. The maximum atomic E-state index is 12.7. The molecule has 2 fully saturated rings. The summed E-state index contributed by atoms with van der Waals surface area (Å²) in [5.41, 5.74) is 5.64. The molecule has 1 aromatic carbocycles. The monoisotopic (exact) mass is 440 g/mol. The van der Waals surface area contributed by atoms with E-state index < -0.39 is 24.0 Å². The number of aliphatic carboxylic acids is 1. The fourth-order valence-corrected chi connectivity index (χ4v) is 4.52. The second-order valence-electron chi connectivity index (χ2n) is 7.50.